The Kier molecular flexibility index (Phi) is 6.49. The molecule has 5 nitrogen and oxygen atoms in total. The highest BCUT2D eigenvalue weighted by atomic mass is 16.5. The van der Waals surface area contributed by atoms with Crippen LogP contribution in [0.1, 0.15) is 56.2 Å². The second kappa shape index (κ2) is 9.50. The quantitative estimate of drug-likeness (QED) is 0.621. The average molecular weight is 436 g/mol. The third kappa shape index (κ3) is 4.57. The zero-order valence-corrected chi connectivity index (χ0v) is 19.4. The van der Waals surface area contributed by atoms with Crippen LogP contribution in [0.2, 0.25) is 0 Å². The van der Waals surface area contributed by atoms with Gasteiger partial charge in [0.1, 0.15) is 0 Å². The van der Waals surface area contributed by atoms with E-state index in [2.05, 4.69) is 46.6 Å². The smallest absolute Gasteiger partial charge is 0.0920 e. The second-order valence-corrected chi connectivity index (χ2v) is 10.0. The van der Waals surface area contributed by atoms with Crippen molar-refractivity contribution in [1.82, 2.24) is 10.3 Å². The Balaban J connectivity index is 1.21. The molecule has 0 amide bonds. The molecule has 3 aliphatic rings. The van der Waals surface area contributed by atoms with Crippen LogP contribution in [0, 0.1) is 0 Å². The molecule has 1 saturated carbocycles. The fourth-order valence-electron chi connectivity index (χ4n) is 6.02. The summed E-state index contributed by atoms with van der Waals surface area (Å²) in [4.78, 5) is 7.21. The summed E-state index contributed by atoms with van der Waals surface area (Å²) in [6.07, 6.45) is 10.6. The molecule has 0 bridgehead atoms. The maximum atomic E-state index is 6.38. The molecule has 1 aromatic heterocycles. The Morgan fingerprint density at radius 3 is 2.78 bits per heavy atom. The van der Waals surface area contributed by atoms with E-state index >= 15 is 0 Å². The number of rotatable bonds is 8. The lowest BCUT2D eigenvalue weighted by Gasteiger charge is -2.46. The third-order valence-corrected chi connectivity index (χ3v) is 7.94. The van der Waals surface area contributed by atoms with Gasteiger partial charge in [-0.1, -0.05) is 31.0 Å². The summed E-state index contributed by atoms with van der Waals surface area (Å²) in [6.45, 7) is 4.73. The van der Waals surface area contributed by atoms with Crippen LogP contribution >= 0.6 is 0 Å². The summed E-state index contributed by atoms with van der Waals surface area (Å²) in [5.74, 6) is 0. The van der Waals surface area contributed by atoms with Gasteiger partial charge in [0.05, 0.1) is 11.7 Å². The van der Waals surface area contributed by atoms with E-state index in [-0.39, 0.29) is 11.0 Å². The number of nitrogens with one attached hydrogen (secondary N) is 1. The summed E-state index contributed by atoms with van der Waals surface area (Å²) in [7, 11) is 1.80. The van der Waals surface area contributed by atoms with Gasteiger partial charge in [0.25, 0.3) is 0 Å². The third-order valence-electron chi connectivity index (χ3n) is 7.94. The van der Waals surface area contributed by atoms with Gasteiger partial charge in [-0.2, -0.15) is 0 Å². The maximum Gasteiger partial charge on any atom is 0.0920 e. The van der Waals surface area contributed by atoms with E-state index in [9.17, 15) is 0 Å². The molecule has 2 aromatic rings. The minimum absolute atomic E-state index is 0.0847. The minimum atomic E-state index is 0.0847. The zero-order valence-electron chi connectivity index (χ0n) is 19.4. The second-order valence-electron chi connectivity index (χ2n) is 10.0. The van der Waals surface area contributed by atoms with Gasteiger partial charge >= 0.3 is 0 Å². The Bertz CT molecular complexity index is 877. The predicted molar refractivity (Wildman–Crippen MR) is 128 cm³/mol. The SMILES string of the molecule is COC1CN(c2cccc(CNCCC3(c4ccccn4)CCOC4(CCCC4)C3)c2)C1. The van der Waals surface area contributed by atoms with Crippen molar-refractivity contribution >= 4 is 5.69 Å². The molecule has 1 aliphatic carbocycles. The Hall–Kier alpha value is -1.95. The fraction of sp³-hybridized carbons (Fsp3) is 0.593. The molecule has 32 heavy (non-hydrogen) atoms. The van der Waals surface area contributed by atoms with Crippen molar-refractivity contribution in [3.63, 3.8) is 0 Å². The van der Waals surface area contributed by atoms with Crippen LogP contribution in [0.15, 0.2) is 48.7 Å². The molecule has 1 aromatic carbocycles. The van der Waals surface area contributed by atoms with Crippen molar-refractivity contribution in [2.75, 3.05) is 38.3 Å². The van der Waals surface area contributed by atoms with Gasteiger partial charge in [-0.15, -0.1) is 0 Å². The maximum absolute atomic E-state index is 6.38. The number of methoxy groups -OCH3 is 1. The average Bonchev–Trinajstić information content (AvgIpc) is 3.24. The van der Waals surface area contributed by atoms with E-state index in [1.165, 1.54) is 42.6 Å². The minimum Gasteiger partial charge on any atom is -0.378 e. The van der Waals surface area contributed by atoms with Crippen molar-refractivity contribution in [2.24, 2.45) is 0 Å². The van der Waals surface area contributed by atoms with E-state index in [0.29, 0.717) is 6.10 Å². The molecule has 5 heteroatoms. The number of hydrogen-bond acceptors (Lipinski definition) is 5. The van der Waals surface area contributed by atoms with E-state index < -0.39 is 0 Å². The summed E-state index contributed by atoms with van der Waals surface area (Å²) in [5, 5.41) is 3.73. The lowest BCUT2D eigenvalue weighted by atomic mass is 9.68. The van der Waals surface area contributed by atoms with Crippen LogP contribution in [-0.2, 0) is 21.4 Å². The van der Waals surface area contributed by atoms with Crippen molar-refractivity contribution in [3.05, 3.63) is 59.9 Å². The van der Waals surface area contributed by atoms with Crippen LogP contribution in [0.4, 0.5) is 5.69 Å². The number of aromatic nitrogens is 1. The van der Waals surface area contributed by atoms with E-state index in [1.807, 2.05) is 12.3 Å². The van der Waals surface area contributed by atoms with Crippen LogP contribution in [0.5, 0.6) is 0 Å². The Labute approximate surface area is 192 Å². The number of hydrogen-bond donors (Lipinski definition) is 1. The van der Waals surface area contributed by atoms with Gasteiger partial charge in [0, 0.05) is 56.3 Å². The standard InChI is InChI=1S/C27H37N3O2/c1-31-24-19-30(20-24)23-8-6-7-22(17-23)18-28-15-12-26(25-9-2-5-14-29-25)13-16-32-27(21-26)10-3-4-11-27/h2,5-9,14,17,24,28H,3-4,10-13,15-16,18-21H2,1H3. The van der Waals surface area contributed by atoms with E-state index in [4.69, 9.17) is 14.5 Å². The molecule has 1 N–H and O–H groups in total. The molecule has 2 aliphatic heterocycles. The first-order valence-electron chi connectivity index (χ1n) is 12.3. The molecule has 172 valence electrons. The van der Waals surface area contributed by atoms with Gasteiger partial charge in [-0.05, 0) is 68.5 Å². The summed E-state index contributed by atoms with van der Waals surface area (Å²) in [5.41, 5.74) is 4.10. The highest BCUT2D eigenvalue weighted by molar-refractivity contribution is 5.51. The summed E-state index contributed by atoms with van der Waals surface area (Å²) < 4.78 is 11.8. The number of anilines is 1. The predicted octanol–water partition coefficient (Wildman–Crippen LogP) is 4.46. The highest BCUT2D eigenvalue weighted by Gasteiger charge is 2.48. The van der Waals surface area contributed by atoms with Gasteiger partial charge in [0.2, 0.25) is 0 Å². The topological polar surface area (TPSA) is 46.6 Å². The number of pyridine rings is 1. The van der Waals surface area contributed by atoms with Crippen molar-refractivity contribution in [3.8, 4) is 0 Å². The van der Waals surface area contributed by atoms with Crippen molar-refractivity contribution in [1.29, 1.82) is 0 Å². The van der Waals surface area contributed by atoms with Gasteiger partial charge in [-0.3, -0.25) is 4.98 Å². The first kappa shape index (κ1) is 21.9. The van der Waals surface area contributed by atoms with Gasteiger partial charge in [-0.25, -0.2) is 0 Å². The molecule has 3 heterocycles. The lowest BCUT2D eigenvalue weighted by molar-refractivity contribution is -0.104. The molecular weight excluding hydrogens is 398 g/mol. The normalized spacial score (nSPS) is 25.2. The highest BCUT2D eigenvalue weighted by Crippen LogP contribution is 2.49. The zero-order chi connectivity index (χ0) is 21.9. The van der Waals surface area contributed by atoms with E-state index in [1.54, 1.807) is 7.11 Å². The molecule has 1 unspecified atom stereocenters. The largest absolute Gasteiger partial charge is 0.378 e. The number of ether oxygens (including phenoxy) is 2. The summed E-state index contributed by atoms with van der Waals surface area (Å²) >= 11 is 0. The van der Waals surface area contributed by atoms with E-state index in [0.717, 1.165) is 52.0 Å². The summed E-state index contributed by atoms with van der Waals surface area (Å²) in [6, 6.07) is 15.3. The van der Waals surface area contributed by atoms with Gasteiger partial charge < -0.3 is 19.7 Å². The van der Waals surface area contributed by atoms with Crippen LogP contribution in [0.25, 0.3) is 0 Å². The monoisotopic (exact) mass is 435 g/mol. The molecule has 5 rings (SSSR count). The molecule has 2 saturated heterocycles. The number of nitrogens with zero attached hydrogens (tertiary/aromatic N) is 2. The molecular formula is C27H37N3O2. The first-order chi connectivity index (χ1) is 15.7. The fourth-order valence-corrected chi connectivity index (χ4v) is 6.02. The van der Waals surface area contributed by atoms with Crippen LogP contribution in [-0.4, -0.2) is 50.0 Å². The molecule has 0 radical (unpaired) electrons. The molecule has 1 atom stereocenters. The van der Waals surface area contributed by atoms with Crippen LogP contribution < -0.4 is 10.2 Å². The Morgan fingerprint density at radius 1 is 1.12 bits per heavy atom. The number of benzene rings is 1. The lowest BCUT2D eigenvalue weighted by Crippen LogP contribution is -2.51. The van der Waals surface area contributed by atoms with Crippen LogP contribution in [0.3, 0.4) is 0 Å². The Morgan fingerprint density at radius 2 is 2.00 bits per heavy atom. The molecule has 1 spiro atoms. The van der Waals surface area contributed by atoms with Crippen molar-refractivity contribution < 1.29 is 9.47 Å². The first-order valence-corrected chi connectivity index (χ1v) is 12.3. The van der Waals surface area contributed by atoms with Crippen molar-refractivity contribution in [2.45, 2.75) is 68.6 Å². The molecule has 3 fully saturated rings. The van der Waals surface area contributed by atoms with Gasteiger partial charge in [0.15, 0.2) is 0 Å².